The molecule has 2 N–H and O–H groups in total. The topological polar surface area (TPSA) is 88.3 Å². The van der Waals surface area contributed by atoms with Gasteiger partial charge in [-0.05, 0) is 24.3 Å². The largest absolute Gasteiger partial charge is 0.452 e. The van der Waals surface area contributed by atoms with Crippen LogP contribution in [0.3, 0.4) is 0 Å². The van der Waals surface area contributed by atoms with Gasteiger partial charge in [-0.3, -0.25) is 9.59 Å². The Morgan fingerprint density at radius 3 is 2.68 bits per heavy atom. The summed E-state index contributed by atoms with van der Waals surface area (Å²) in [4.78, 5) is 36.7. The number of H-pyrrole nitrogens is 1. The summed E-state index contributed by atoms with van der Waals surface area (Å²) in [5, 5.41) is 2.12. The van der Waals surface area contributed by atoms with Crippen molar-refractivity contribution in [2.75, 3.05) is 11.9 Å². The van der Waals surface area contributed by atoms with Crippen LogP contribution in [0, 0.1) is 11.6 Å². The zero-order valence-corrected chi connectivity index (χ0v) is 11.1. The molecule has 0 unspecified atom stereocenters. The summed E-state index contributed by atoms with van der Waals surface area (Å²) in [5.41, 5.74) is -1.17. The minimum absolute atomic E-state index is 0.250. The Labute approximate surface area is 122 Å². The van der Waals surface area contributed by atoms with Crippen molar-refractivity contribution >= 4 is 17.6 Å². The number of benzene rings is 1. The Kier molecular flexibility index (Phi) is 4.62. The molecule has 22 heavy (non-hydrogen) atoms. The van der Waals surface area contributed by atoms with Gasteiger partial charge in [0.1, 0.15) is 17.2 Å². The van der Waals surface area contributed by atoms with Crippen LogP contribution in [0.2, 0.25) is 0 Å². The van der Waals surface area contributed by atoms with E-state index in [-0.39, 0.29) is 11.3 Å². The number of anilines is 1. The van der Waals surface area contributed by atoms with Gasteiger partial charge in [0.2, 0.25) is 0 Å². The minimum Gasteiger partial charge on any atom is -0.452 e. The van der Waals surface area contributed by atoms with Crippen LogP contribution in [0.1, 0.15) is 10.4 Å². The highest BCUT2D eigenvalue weighted by molar-refractivity contribution is 5.95. The van der Waals surface area contributed by atoms with Crippen molar-refractivity contribution in [1.82, 2.24) is 4.98 Å². The number of rotatable bonds is 4. The number of nitrogens with one attached hydrogen (secondary N) is 2. The van der Waals surface area contributed by atoms with E-state index in [1.807, 2.05) is 0 Å². The molecule has 0 saturated carbocycles. The second kappa shape index (κ2) is 6.61. The third kappa shape index (κ3) is 3.75. The number of ether oxygens (including phenoxy) is 1. The fraction of sp³-hybridized carbons (Fsp3) is 0.0714. The highest BCUT2D eigenvalue weighted by Crippen LogP contribution is 2.14. The summed E-state index contributed by atoms with van der Waals surface area (Å²) in [6.07, 6.45) is 1.34. The van der Waals surface area contributed by atoms with Gasteiger partial charge in [0, 0.05) is 12.3 Å². The lowest BCUT2D eigenvalue weighted by Crippen LogP contribution is -2.24. The van der Waals surface area contributed by atoms with Crippen LogP contribution in [0.15, 0.2) is 41.3 Å². The second-order valence-electron chi connectivity index (χ2n) is 4.16. The number of aromatic nitrogens is 1. The maximum absolute atomic E-state index is 13.3. The molecular weight excluding hydrogens is 298 g/mol. The maximum atomic E-state index is 13.3. The number of halogens is 2. The normalized spacial score (nSPS) is 10.1. The number of aromatic amines is 1. The van der Waals surface area contributed by atoms with E-state index in [0.717, 1.165) is 12.1 Å². The molecule has 0 radical (unpaired) electrons. The van der Waals surface area contributed by atoms with Crippen LogP contribution in [-0.2, 0) is 9.53 Å². The van der Waals surface area contributed by atoms with Gasteiger partial charge in [-0.2, -0.15) is 0 Å². The Morgan fingerprint density at radius 1 is 1.23 bits per heavy atom. The third-order valence-corrected chi connectivity index (χ3v) is 2.58. The lowest BCUT2D eigenvalue weighted by atomic mass is 10.3. The van der Waals surface area contributed by atoms with Crippen LogP contribution in [-0.4, -0.2) is 23.5 Å². The van der Waals surface area contributed by atoms with Gasteiger partial charge in [-0.25, -0.2) is 13.6 Å². The lowest BCUT2D eigenvalue weighted by molar-refractivity contribution is -0.119. The quantitative estimate of drug-likeness (QED) is 0.837. The van der Waals surface area contributed by atoms with Crippen molar-refractivity contribution in [3.8, 4) is 0 Å². The number of hydrogen-bond acceptors (Lipinski definition) is 4. The molecular formula is C14H10F2N2O4. The van der Waals surface area contributed by atoms with E-state index in [1.165, 1.54) is 18.3 Å². The van der Waals surface area contributed by atoms with Gasteiger partial charge < -0.3 is 15.0 Å². The number of carbonyl (C=O) groups excluding carboxylic acids is 2. The SMILES string of the molecule is O=C(COC(=O)c1ccc[nH]c1=O)Nc1ccc(F)cc1F. The molecule has 1 aromatic heterocycles. The average molecular weight is 308 g/mol. The van der Waals surface area contributed by atoms with E-state index < -0.39 is 35.7 Å². The van der Waals surface area contributed by atoms with Gasteiger partial charge in [0.05, 0.1) is 5.69 Å². The molecule has 0 bridgehead atoms. The molecule has 8 heteroatoms. The number of esters is 1. The van der Waals surface area contributed by atoms with Gasteiger partial charge in [0.25, 0.3) is 11.5 Å². The van der Waals surface area contributed by atoms with E-state index in [4.69, 9.17) is 0 Å². The first-order chi connectivity index (χ1) is 10.5. The first kappa shape index (κ1) is 15.4. The molecule has 1 aromatic carbocycles. The predicted octanol–water partition coefficient (Wildman–Crippen LogP) is 1.45. The number of hydrogen-bond donors (Lipinski definition) is 2. The van der Waals surface area contributed by atoms with Gasteiger partial charge in [-0.15, -0.1) is 0 Å². The van der Waals surface area contributed by atoms with Gasteiger partial charge in [0.15, 0.2) is 6.61 Å². The van der Waals surface area contributed by atoms with Crippen LogP contribution < -0.4 is 10.9 Å². The molecule has 6 nitrogen and oxygen atoms in total. The molecule has 0 aliphatic rings. The fourth-order valence-electron chi connectivity index (χ4n) is 1.57. The summed E-state index contributed by atoms with van der Waals surface area (Å²) in [6.45, 7) is -0.718. The lowest BCUT2D eigenvalue weighted by Gasteiger charge is -2.07. The van der Waals surface area contributed by atoms with E-state index >= 15 is 0 Å². The zero-order chi connectivity index (χ0) is 16.1. The smallest absolute Gasteiger partial charge is 0.344 e. The third-order valence-electron chi connectivity index (χ3n) is 2.58. The fourth-order valence-corrected chi connectivity index (χ4v) is 1.57. The Bertz CT molecular complexity index is 773. The molecule has 0 atom stereocenters. The summed E-state index contributed by atoms with van der Waals surface area (Å²) >= 11 is 0. The maximum Gasteiger partial charge on any atom is 0.344 e. The van der Waals surface area contributed by atoms with Crippen LogP contribution >= 0.6 is 0 Å². The summed E-state index contributed by atoms with van der Waals surface area (Å²) < 4.78 is 30.7. The molecule has 0 spiro atoms. The van der Waals surface area contributed by atoms with Crippen LogP contribution in [0.5, 0.6) is 0 Å². The van der Waals surface area contributed by atoms with Crippen molar-refractivity contribution in [3.05, 3.63) is 64.1 Å². The number of amides is 1. The van der Waals surface area contributed by atoms with Crippen molar-refractivity contribution in [2.24, 2.45) is 0 Å². The molecule has 114 valence electrons. The standard InChI is InChI=1S/C14H10F2N2O4/c15-8-3-4-11(10(16)6-8)18-12(19)7-22-14(21)9-2-1-5-17-13(9)20/h1-6H,7H2,(H,17,20)(H,18,19). The summed E-state index contributed by atoms with van der Waals surface area (Å²) in [7, 11) is 0. The molecule has 2 rings (SSSR count). The average Bonchev–Trinajstić information content (AvgIpc) is 2.48. The van der Waals surface area contributed by atoms with Crippen LogP contribution in [0.25, 0.3) is 0 Å². The van der Waals surface area contributed by atoms with Crippen molar-refractivity contribution in [1.29, 1.82) is 0 Å². The summed E-state index contributed by atoms with van der Waals surface area (Å²) in [5.74, 6) is -3.56. The Hall–Kier alpha value is -3.03. The first-order valence-electron chi connectivity index (χ1n) is 6.07. The second-order valence-corrected chi connectivity index (χ2v) is 4.16. The molecule has 0 fully saturated rings. The minimum atomic E-state index is -0.989. The Morgan fingerprint density at radius 2 is 2.00 bits per heavy atom. The monoisotopic (exact) mass is 308 g/mol. The summed E-state index contributed by atoms with van der Waals surface area (Å²) in [6, 6.07) is 5.26. The predicted molar refractivity (Wildman–Crippen MR) is 72.3 cm³/mol. The molecule has 0 aliphatic heterocycles. The highest BCUT2D eigenvalue weighted by atomic mass is 19.1. The van der Waals surface area contributed by atoms with Crippen molar-refractivity contribution in [3.63, 3.8) is 0 Å². The Balaban J connectivity index is 1.94. The van der Waals surface area contributed by atoms with Crippen molar-refractivity contribution < 1.29 is 23.1 Å². The number of pyridine rings is 1. The number of carbonyl (C=O) groups is 2. The van der Waals surface area contributed by atoms with E-state index in [2.05, 4.69) is 15.0 Å². The van der Waals surface area contributed by atoms with E-state index in [1.54, 1.807) is 0 Å². The first-order valence-corrected chi connectivity index (χ1v) is 6.07. The zero-order valence-electron chi connectivity index (χ0n) is 11.1. The van der Waals surface area contributed by atoms with E-state index in [0.29, 0.717) is 6.07 Å². The molecule has 2 aromatic rings. The molecule has 0 aliphatic carbocycles. The van der Waals surface area contributed by atoms with E-state index in [9.17, 15) is 23.2 Å². The van der Waals surface area contributed by atoms with Crippen LogP contribution in [0.4, 0.5) is 14.5 Å². The molecule has 0 saturated heterocycles. The highest BCUT2D eigenvalue weighted by Gasteiger charge is 2.14. The van der Waals surface area contributed by atoms with Gasteiger partial charge in [-0.1, -0.05) is 0 Å². The van der Waals surface area contributed by atoms with Gasteiger partial charge >= 0.3 is 5.97 Å². The molecule has 1 heterocycles. The molecule has 1 amide bonds. The van der Waals surface area contributed by atoms with Crippen molar-refractivity contribution in [2.45, 2.75) is 0 Å².